The van der Waals surface area contributed by atoms with Crippen molar-refractivity contribution in [1.82, 2.24) is 24.1 Å². The van der Waals surface area contributed by atoms with Crippen LogP contribution in [-0.2, 0) is 16.6 Å². The standard InChI is InChI=1S/C16H18ClN5O3S2/c1-27(23,24)21-8-2-3-11(9-21)15-18-19-16-22(15)20-14(26-16)10-25-13-6-4-12(17)5-7-13/h4-7,11H,2-3,8-10H2,1H3. The van der Waals surface area contributed by atoms with E-state index in [2.05, 4.69) is 15.3 Å². The lowest BCUT2D eigenvalue weighted by Gasteiger charge is -2.29. The van der Waals surface area contributed by atoms with Crippen LogP contribution in [0.15, 0.2) is 24.3 Å². The lowest BCUT2D eigenvalue weighted by molar-refractivity contribution is 0.301. The van der Waals surface area contributed by atoms with Crippen molar-refractivity contribution in [2.75, 3.05) is 19.3 Å². The quantitative estimate of drug-likeness (QED) is 0.621. The molecule has 0 aliphatic carbocycles. The predicted molar refractivity (Wildman–Crippen MR) is 103 cm³/mol. The minimum Gasteiger partial charge on any atom is -0.486 e. The van der Waals surface area contributed by atoms with Crippen LogP contribution in [0.3, 0.4) is 0 Å². The number of hydrogen-bond acceptors (Lipinski definition) is 7. The highest BCUT2D eigenvalue weighted by atomic mass is 35.5. The Labute approximate surface area is 165 Å². The van der Waals surface area contributed by atoms with Gasteiger partial charge in [0.15, 0.2) is 10.8 Å². The summed E-state index contributed by atoms with van der Waals surface area (Å²) in [6, 6.07) is 7.14. The Kier molecular flexibility index (Phi) is 5.06. The van der Waals surface area contributed by atoms with Gasteiger partial charge in [0.25, 0.3) is 0 Å². The van der Waals surface area contributed by atoms with Gasteiger partial charge in [0.1, 0.15) is 12.4 Å². The Morgan fingerprint density at radius 2 is 2.07 bits per heavy atom. The first-order valence-electron chi connectivity index (χ1n) is 8.44. The number of rotatable bonds is 5. The Morgan fingerprint density at radius 3 is 2.81 bits per heavy atom. The van der Waals surface area contributed by atoms with Gasteiger partial charge in [-0.25, -0.2) is 12.7 Å². The van der Waals surface area contributed by atoms with Crippen molar-refractivity contribution in [3.63, 3.8) is 0 Å². The number of halogens is 1. The summed E-state index contributed by atoms with van der Waals surface area (Å²) in [6.45, 7) is 1.28. The van der Waals surface area contributed by atoms with Gasteiger partial charge in [0.2, 0.25) is 15.0 Å². The molecule has 0 spiro atoms. The number of piperidine rings is 1. The lowest BCUT2D eigenvalue weighted by atomic mass is 9.99. The number of ether oxygens (including phenoxy) is 1. The van der Waals surface area contributed by atoms with Gasteiger partial charge in [-0.05, 0) is 37.1 Å². The molecule has 0 saturated carbocycles. The van der Waals surface area contributed by atoms with Gasteiger partial charge in [-0.15, -0.1) is 10.2 Å². The zero-order valence-electron chi connectivity index (χ0n) is 14.6. The predicted octanol–water partition coefficient (Wildman–Crippen LogP) is 2.56. The summed E-state index contributed by atoms with van der Waals surface area (Å²) < 4.78 is 32.7. The van der Waals surface area contributed by atoms with E-state index in [1.807, 2.05) is 0 Å². The SMILES string of the molecule is CS(=O)(=O)N1CCCC(c2nnc3sc(COc4ccc(Cl)cc4)nn23)C1. The fourth-order valence-corrected chi connectivity index (χ4v) is 4.91. The molecular weight excluding hydrogens is 410 g/mol. The molecule has 3 aromatic rings. The summed E-state index contributed by atoms with van der Waals surface area (Å²) in [4.78, 5) is 0.677. The first-order valence-corrected chi connectivity index (χ1v) is 11.5. The zero-order valence-corrected chi connectivity index (χ0v) is 17.0. The number of sulfonamides is 1. The van der Waals surface area contributed by atoms with E-state index < -0.39 is 10.0 Å². The van der Waals surface area contributed by atoms with Gasteiger partial charge < -0.3 is 4.74 Å². The maximum atomic E-state index is 11.9. The fourth-order valence-electron chi connectivity index (χ4n) is 3.11. The van der Waals surface area contributed by atoms with Gasteiger partial charge in [-0.3, -0.25) is 0 Å². The first-order chi connectivity index (χ1) is 12.9. The third-order valence-corrected chi connectivity index (χ3v) is 6.85. The molecule has 11 heteroatoms. The van der Waals surface area contributed by atoms with E-state index >= 15 is 0 Å². The van der Waals surface area contributed by atoms with Gasteiger partial charge in [-0.2, -0.15) is 9.61 Å². The van der Waals surface area contributed by atoms with Crippen LogP contribution in [-0.4, -0.2) is 51.9 Å². The topological polar surface area (TPSA) is 89.7 Å². The van der Waals surface area contributed by atoms with Gasteiger partial charge in [-0.1, -0.05) is 22.9 Å². The molecule has 1 aliphatic heterocycles. The monoisotopic (exact) mass is 427 g/mol. The molecule has 0 bridgehead atoms. The number of hydrogen-bond donors (Lipinski definition) is 0. The van der Waals surface area contributed by atoms with E-state index in [1.165, 1.54) is 21.9 Å². The van der Waals surface area contributed by atoms with E-state index in [-0.39, 0.29) is 5.92 Å². The maximum Gasteiger partial charge on any atom is 0.234 e. The van der Waals surface area contributed by atoms with Crippen LogP contribution in [0.1, 0.15) is 29.6 Å². The molecule has 1 aliphatic rings. The normalized spacial score (nSPS) is 18.8. The average molecular weight is 428 g/mol. The third kappa shape index (κ3) is 4.08. The fraction of sp³-hybridized carbons (Fsp3) is 0.438. The summed E-state index contributed by atoms with van der Waals surface area (Å²) in [6.07, 6.45) is 2.90. The Balaban J connectivity index is 1.51. The molecule has 1 aromatic carbocycles. The average Bonchev–Trinajstić information content (AvgIpc) is 3.21. The second-order valence-electron chi connectivity index (χ2n) is 6.45. The number of aromatic nitrogens is 4. The third-order valence-electron chi connectivity index (χ3n) is 4.45. The molecule has 0 amide bonds. The van der Waals surface area contributed by atoms with Gasteiger partial charge >= 0.3 is 0 Å². The molecule has 27 heavy (non-hydrogen) atoms. The summed E-state index contributed by atoms with van der Waals surface area (Å²) >= 11 is 7.28. The van der Waals surface area contributed by atoms with Crippen LogP contribution < -0.4 is 4.74 Å². The number of benzene rings is 1. The summed E-state index contributed by atoms with van der Waals surface area (Å²) in [5.41, 5.74) is 0. The molecule has 1 unspecified atom stereocenters. The molecule has 3 heterocycles. The molecule has 1 saturated heterocycles. The van der Waals surface area contributed by atoms with Crippen molar-refractivity contribution >= 4 is 37.9 Å². The van der Waals surface area contributed by atoms with E-state index in [4.69, 9.17) is 16.3 Å². The Morgan fingerprint density at radius 1 is 1.30 bits per heavy atom. The van der Waals surface area contributed by atoms with Crippen molar-refractivity contribution in [1.29, 1.82) is 0 Å². The minimum absolute atomic E-state index is 0.0180. The first kappa shape index (κ1) is 18.6. The van der Waals surface area contributed by atoms with Crippen LogP contribution in [0.25, 0.3) is 4.96 Å². The van der Waals surface area contributed by atoms with Crippen LogP contribution in [0.4, 0.5) is 0 Å². The summed E-state index contributed by atoms with van der Waals surface area (Å²) in [5, 5.41) is 14.4. The lowest BCUT2D eigenvalue weighted by Crippen LogP contribution is -2.38. The molecular formula is C16H18ClN5O3S2. The highest BCUT2D eigenvalue weighted by molar-refractivity contribution is 7.88. The largest absolute Gasteiger partial charge is 0.486 e. The van der Waals surface area contributed by atoms with Crippen molar-refractivity contribution in [2.24, 2.45) is 0 Å². The van der Waals surface area contributed by atoms with Gasteiger partial charge in [0, 0.05) is 24.0 Å². The summed E-state index contributed by atoms with van der Waals surface area (Å²) in [7, 11) is -3.21. The van der Waals surface area contributed by atoms with Crippen molar-refractivity contribution in [3.05, 3.63) is 40.1 Å². The maximum absolute atomic E-state index is 11.9. The van der Waals surface area contributed by atoms with E-state index in [1.54, 1.807) is 28.8 Å². The van der Waals surface area contributed by atoms with E-state index in [0.717, 1.165) is 17.8 Å². The number of nitrogens with zero attached hydrogens (tertiary/aromatic N) is 5. The highest BCUT2D eigenvalue weighted by Gasteiger charge is 2.30. The van der Waals surface area contributed by atoms with Crippen LogP contribution >= 0.6 is 22.9 Å². The van der Waals surface area contributed by atoms with Crippen LogP contribution in [0.2, 0.25) is 5.02 Å². The molecule has 1 fully saturated rings. The van der Waals surface area contributed by atoms with Crippen LogP contribution in [0.5, 0.6) is 5.75 Å². The smallest absolute Gasteiger partial charge is 0.234 e. The molecule has 0 N–H and O–H groups in total. The zero-order chi connectivity index (χ0) is 19.0. The van der Waals surface area contributed by atoms with Crippen LogP contribution in [0, 0.1) is 0 Å². The van der Waals surface area contributed by atoms with Crippen molar-refractivity contribution in [3.8, 4) is 5.75 Å². The van der Waals surface area contributed by atoms with Crippen molar-refractivity contribution < 1.29 is 13.2 Å². The summed E-state index contributed by atoms with van der Waals surface area (Å²) in [5.74, 6) is 1.39. The van der Waals surface area contributed by atoms with Crippen molar-refractivity contribution in [2.45, 2.75) is 25.4 Å². The second kappa shape index (κ2) is 7.34. The molecule has 2 aromatic heterocycles. The highest BCUT2D eigenvalue weighted by Crippen LogP contribution is 2.28. The Hall–Kier alpha value is -1.75. The molecule has 144 valence electrons. The second-order valence-corrected chi connectivity index (χ2v) is 9.91. The minimum atomic E-state index is -3.21. The van der Waals surface area contributed by atoms with E-state index in [0.29, 0.717) is 41.3 Å². The Bertz CT molecular complexity index is 1050. The molecule has 0 radical (unpaired) electrons. The molecule has 1 atom stereocenters. The van der Waals surface area contributed by atoms with E-state index in [9.17, 15) is 8.42 Å². The molecule has 4 rings (SSSR count). The number of fused-ring (bicyclic) bond motifs is 1. The van der Waals surface area contributed by atoms with Gasteiger partial charge in [0.05, 0.1) is 6.26 Å². The molecule has 8 nitrogen and oxygen atoms in total.